The second kappa shape index (κ2) is 14.5. The van der Waals surface area contributed by atoms with Crippen molar-refractivity contribution < 1.29 is 33.4 Å². The van der Waals surface area contributed by atoms with E-state index >= 15 is 0 Å². The first kappa shape index (κ1) is 31.2. The van der Waals surface area contributed by atoms with Crippen molar-refractivity contribution in [2.24, 2.45) is 5.73 Å². The van der Waals surface area contributed by atoms with Crippen molar-refractivity contribution in [3.05, 3.63) is 94.5 Å². The van der Waals surface area contributed by atoms with Gasteiger partial charge in [-0.15, -0.1) is 0 Å². The van der Waals surface area contributed by atoms with Gasteiger partial charge in [0, 0.05) is 30.8 Å². The van der Waals surface area contributed by atoms with Gasteiger partial charge >= 0.3 is 6.03 Å². The van der Waals surface area contributed by atoms with Crippen molar-refractivity contribution in [2.75, 3.05) is 18.6 Å². The molecule has 2 aliphatic rings. The Balaban J connectivity index is 1.04. The third-order valence-electron chi connectivity index (χ3n) is 7.41. The Labute approximate surface area is 259 Å². The number of benzene rings is 3. The summed E-state index contributed by atoms with van der Waals surface area (Å²) in [4.78, 5) is 61.7. The SMILES string of the molecule is NCC(=O)NCOCc1ccc(COc2ccc(NC(=O)NCc3ccc4c(c3)CN(C3CCC(=O)NC3=O)C4=O)cc2)cc1. The highest BCUT2D eigenvalue weighted by molar-refractivity contribution is 6.05. The summed E-state index contributed by atoms with van der Waals surface area (Å²) < 4.78 is 11.3. The van der Waals surface area contributed by atoms with Crippen molar-refractivity contribution in [1.29, 1.82) is 0 Å². The van der Waals surface area contributed by atoms with Crippen LogP contribution in [-0.4, -0.2) is 53.9 Å². The molecule has 13 heteroatoms. The smallest absolute Gasteiger partial charge is 0.319 e. The second-order valence-corrected chi connectivity index (χ2v) is 10.6. The zero-order chi connectivity index (χ0) is 31.8. The fourth-order valence-corrected chi connectivity index (χ4v) is 5.00. The van der Waals surface area contributed by atoms with E-state index in [0.29, 0.717) is 36.6 Å². The molecule has 234 valence electrons. The maximum absolute atomic E-state index is 12.9. The third kappa shape index (κ3) is 8.22. The molecule has 5 rings (SSSR count). The van der Waals surface area contributed by atoms with Gasteiger partial charge in [-0.1, -0.05) is 36.4 Å². The van der Waals surface area contributed by atoms with Crippen LogP contribution in [0.3, 0.4) is 0 Å². The molecule has 0 radical (unpaired) electrons. The lowest BCUT2D eigenvalue weighted by atomic mass is 10.0. The van der Waals surface area contributed by atoms with E-state index < -0.39 is 18.0 Å². The van der Waals surface area contributed by atoms with Crippen LogP contribution in [0.15, 0.2) is 66.7 Å². The van der Waals surface area contributed by atoms with Gasteiger partial charge in [-0.25, -0.2) is 4.79 Å². The summed E-state index contributed by atoms with van der Waals surface area (Å²) in [6.45, 7) is 1.24. The summed E-state index contributed by atoms with van der Waals surface area (Å²) in [7, 11) is 0. The minimum Gasteiger partial charge on any atom is -0.489 e. The molecule has 1 atom stereocenters. The Morgan fingerprint density at radius 3 is 2.33 bits per heavy atom. The quantitative estimate of drug-likeness (QED) is 0.117. The van der Waals surface area contributed by atoms with E-state index in [0.717, 1.165) is 22.3 Å². The van der Waals surface area contributed by atoms with E-state index in [1.165, 1.54) is 4.90 Å². The largest absolute Gasteiger partial charge is 0.489 e. The number of ether oxygens (including phenoxy) is 2. The number of nitrogens with zero attached hydrogens (tertiary/aromatic N) is 1. The molecule has 2 heterocycles. The van der Waals surface area contributed by atoms with Crippen LogP contribution in [0.5, 0.6) is 5.75 Å². The molecule has 1 unspecified atom stereocenters. The van der Waals surface area contributed by atoms with E-state index in [1.807, 2.05) is 30.3 Å². The van der Waals surface area contributed by atoms with Crippen molar-refractivity contribution in [3.63, 3.8) is 0 Å². The fourth-order valence-electron chi connectivity index (χ4n) is 5.00. The predicted octanol–water partition coefficient (Wildman–Crippen LogP) is 1.90. The molecule has 6 N–H and O–H groups in total. The zero-order valence-electron chi connectivity index (χ0n) is 24.5. The number of rotatable bonds is 12. The van der Waals surface area contributed by atoms with Gasteiger partial charge in [0.25, 0.3) is 5.91 Å². The standard InChI is InChI=1S/C32H34N6O7/c33-14-29(40)35-19-44-17-20-1-3-21(4-2-20)18-45-25-8-6-24(7-9-25)36-32(43)34-15-22-5-10-26-23(13-22)16-38(31(26)42)27-11-12-28(39)37-30(27)41/h1-10,13,27H,11-12,14-19,33H2,(H,35,40)(H2,34,36,43)(H,37,39,41). The number of fused-ring (bicyclic) bond motifs is 1. The summed E-state index contributed by atoms with van der Waals surface area (Å²) in [5.41, 5.74) is 9.84. The molecule has 0 saturated carbocycles. The first-order chi connectivity index (χ1) is 21.8. The van der Waals surface area contributed by atoms with Crippen LogP contribution in [0.2, 0.25) is 0 Å². The molecule has 6 amide bonds. The number of nitrogens with one attached hydrogen (secondary N) is 4. The molecule has 1 saturated heterocycles. The van der Waals surface area contributed by atoms with E-state index in [1.54, 1.807) is 36.4 Å². The van der Waals surface area contributed by atoms with Gasteiger partial charge in [0.1, 0.15) is 25.1 Å². The van der Waals surface area contributed by atoms with Gasteiger partial charge in [0.15, 0.2) is 0 Å². The van der Waals surface area contributed by atoms with Crippen molar-refractivity contribution in [1.82, 2.24) is 20.9 Å². The molecule has 0 spiro atoms. The Kier molecular flexibility index (Phi) is 10.0. The Hall–Kier alpha value is -5.27. The minimum atomic E-state index is -0.672. The lowest BCUT2D eigenvalue weighted by molar-refractivity contribution is -0.137. The highest BCUT2D eigenvalue weighted by Crippen LogP contribution is 2.28. The number of nitrogens with two attached hydrogens (primary N) is 1. The number of carbonyl (C=O) groups excluding carboxylic acids is 5. The number of hydrogen-bond acceptors (Lipinski definition) is 8. The van der Waals surface area contributed by atoms with E-state index in [-0.39, 0.29) is 50.5 Å². The lowest BCUT2D eigenvalue weighted by Gasteiger charge is -2.29. The van der Waals surface area contributed by atoms with Gasteiger partial charge < -0.3 is 36.1 Å². The molecule has 3 aromatic carbocycles. The first-order valence-electron chi connectivity index (χ1n) is 14.5. The number of piperidine rings is 1. The Morgan fingerprint density at radius 1 is 0.911 bits per heavy atom. The summed E-state index contributed by atoms with van der Waals surface area (Å²) >= 11 is 0. The minimum absolute atomic E-state index is 0.0768. The van der Waals surface area contributed by atoms with E-state index in [4.69, 9.17) is 15.2 Å². The third-order valence-corrected chi connectivity index (χ3v) is 7.41. The average molecular weight is 615 g/mol. The number of imide groups is 1. The molecule has 0 aromatic heterocycles. The van der Waals surface area contributed by atoms with Crippen LogP contribution in [-0.2, 0) is 45.4 Å². The summed E-state index contributed by atoms with van der Waals surface area (Å²) in [6, 6.07) is 19.0. The molecule has 2 aliphatic heterocycles. The van der Waals surface area contributed by atoms with E-state index in [2.05, 4.69) is 21.3 Å². The highest BCUT2D eigenvalue weighted by atomic mass is 16.5. The Bertz CT molecular complexity index is 1580. The molecule has 0 bridgehead atoms. The topological polar surface area (TPSA) is 181 Å². The number of urea groups is 1. The molecule has 0 aliphatic carbocycles. The van der Waals surface area contributed by atoms with Crippen LogP contribution in [0.4, 0.5) is 10.5 Å². The number of amides is 6. The number of hydrogen-bond donors (Lipinski definition) is 5. The van der Waals surface area contributed by atoms with Gasteiger partial charge in [0.05, 0.1) is 13.2 Å². The molecule has 1 fully saturated rings. The van der Waals surface area contributed by atoms with Crippen molar-refractivity contribution in [3.8, 4) is 5.75 Å². The van der Waals surface area contributed by atoms with Gasteiger partial charge in [-0.2, -0.15) is 0 Å². The summed E-state index contributed by atoms with van der Waals surface area (Å²) in [5, 5.41) is 10.4. The van der Waals surface area contributed by atoms with E-state index in [9.17, 15) is 24.0 Å². The van der Waals surface area contributed by atoms with Crippen LogP contribution < -0.4 is 31.7 Å². The second-order valence-electron chi connectivity index (χ2n) is 10.6. The van der Waals surface area contributed by atoms with Crippen LogP contribution in [0.25, 0.3) is 0 Å². The van der Waals surface area contributed by atoms with Gasteiger partial charge in [-0.3, -0.25) is 24.5 Å². The fraction of sp³-hybridized carbons (Fsp3) is 0.281. The monoisotopic (exact) mass is 614 g/mol. The summed E-state index contributed by atoms with van der Waals surface area (Å²) in [6.07, 6.45) is 0.501. The van der Waals surface area contributed by atoms with Crippen LogP contribution in [0.1, 0.15) is 45.5 Å². The van der Waals surface area contributed by atoms with Crippen LogP contribution >= 0.6 is 0 Å². The molecule has 45 heavy (non-hydrogen) atoms. The Morgan fingerprint density at radius 2 is 1.62 bits per heavy atom. The normalized spacial score (nSPS) is 15.7. The first-order valence-corrected chi connectivity index (χ1v) is 14.5. The predicted molar refractivity (Wildman–Crippen MR) is 162 cm³/mol. The molecular weight excluding hydrogens is 580 g/mol. The molecule has 3 aromatic rings. The maximum atomic E-state index is 12.9. The highest BCUT2D eigenvalue weighted by Gasteiger charge is 2.39. The van der Waals surface area contributed by atoms with Gasteiger partial charge in [0.2, 0.25) is 17.7 Å². The molecular formula is C32H34N6O7. The number of carbonyl (C=O) groups is 5. The summed E-state index contributed by atoms with van der Waals surface area (Å²) in [5.74, 6) is -0.650. The lowest BCUT2D eigenvalue weighted by Crippen LogP contribution is -2.52. The number of anilines is 1. The molecule has 13 nitrogen and oxygen atoms in total. The van der Waals surface area contributed by atoms with Crippen molar-refractivity contribution in [2.45, 2.75) is 45.2 Å². The van der Waals surface area contributed by atoms with Crippen molar-refractivity contribution >= 4 is 35.3 Å². The van der Waals surface area contributed by atoms with Gasteiger partial charge in [-0.05, 0) is 59.0 Å². The zero-order valence-corrected chi connectivity index (χ0v) is 24.5. The van der Waals surface area contributed by atoms with Crippen LogP contribution in [0, 0.1) is 0 Å². The maximum Gasteiger partial charge on any atom is 0.319 e. The average Bonchev–Trinajstić information content (AvgIpc) is 3.37.